The van der Waals surface area contributed by atoms with Gasteiger partial charge in [0.25, 0.3) is 0 Å². The first kappa shape index (κ1) is 29.0. The summed E-state index contributed by atoms with van der Waals surface area (Å²) < 4.78 is 66.3. The van der Waals surface area contributed by atoms with Gasteiger partial charge < -0.3 is 20.7 Å². The van der Waals surface area contributed by atoms with Crippen LogP contribution in [0.1, 0.15) is 56.1 Å². The molecule has 0 amide bonds. The second-order valence-electron chi connectivity index (χ2n) is 12.5. The highest BCUT2D eigenvalue weighted by molar-refractivity contribution is 7.91. The Morgan fingerprint density at radius 2 is 1.79 bits per heavy atom. The van der Waals surface area contributed by atoms with E-state index in [2.05, 4.69) is 36.7 Å². The van der Waals surface area contributed by atoms with Crippen LogP contribution >= 0.6 is 0 Å². The third kappa shape index (κ3) is 6.44. The van der Waals surface area contributed by atoms with Gasteiger partial charge in [-0.2, -0.15) is 10.2 Å². The van der Waals surface area contributed by atoms with Crippen LogP contribution in [-0.2, 0) is 16.4 Å². The molecule has 4 saturated carbocycles. The van der Waals surface area contributed by atoms with Gasteiger partial charge in [0, 0.05) is 30.7 Å². The van der Waals surface area contributed by atoms with Gasteiger partial charge in [-0.1, -0.05) is 18.2 Å². The topological polar surface area (TPSA) is 129 Å². The predicted molar refractivity (Wildman–Crippen MR) is 150 cm³/mol. The summed E-state index contributed by atoms with van der Waals surface area (Å²) in [5, 5.41) is 19.9. The summed E-state index contributed by atoms with van der Waals surface area (Å²) in [5.74, 6) is 2.62. The average molecular weight is 605 g/mol. The number of nitrogens with zero attached hydrogens (tertiary/aromatic N) is 3. The van der Waals surface area contributed by atoms with Crippen LogP contribution in [0.5, 0.6) is 5.75 Å². The fourth-order valence-electron chi connectivity index (χ4n) is 8.01. The molecule has 2 aromatic rings. The molecule has 1 aromatic carbocycles. The Hall–Kier alpha value is -3.11. The highest BCUT2D eigenvalue weighted by Crippen LogP contribution is 2.60. The van der Waals surface area contributed by atoms with Crippen LogP contribution in [0.4, 0.5) is 24.9 Å². The maximum atomic E-state index is 12.8. The van der Waals surface area contributed by atoms with Crippen LogP contribution in [0.15, 0.2) is 30.5 Å². The summed E-state index contributed by atoms with van der Waals surface area (Å²) >= 11 is 0. The van der Waals surface area contributed by atoms with Crippen molar-refractivity contribution in [3.63, 3.8) is 0 Å². The van der Waals surface area contributed by atoms with Crippen molar-refractivity contribution in [2.75, 3.05) is 28.7 Å². The van der Waals surface area contributed by atoms with Crippen LogP contribution in [0.25, 0.3) is 0 Å². The summed E-state index contributed by atoms with van der Waals surface area (Å²) in [6.07, 6.45) is 3.68. The van der Waals surface area contributed by atoms with Crippen LogP contribution in [0.2, 0.25) is 0 Å². The first-order valence-corrected chi connectivity index (χ1v) is 16.4. The molecule has 5 aliphatic rings. The van der Waals surface area contributed by atoms with Crippen molar-refractivity contribution in [1.82, 2.24) is 15.3 Å². The molecule has 226 valence electrons. The first-order chi connectivity index (χ1) is 20.0. The third-order valence-electron chi connectivity index (χ3n) is 9.56. The SMILES string of the molecule is N#Cc1cnc(NCc2ccccc2OC(F)(F)F)nc1NC[C@@]12CC3C[C@H](C1)[C@@H](NC1CCS(=O)(=O)CC1)[C@@H](C3)C2. The number of hydrogen-bond acceptors (Lipinski definition) is 9. The lowest BCUT2D eigenvalue weighted by Crippen LogP contribution is -2.61. The van der Waals surface area contributed by atoms with Crippen molar-refractivity contribution >= 4 is 21.6 Å². The molecule has 42 heavy (non-hydrogen) atoms. The van der Waals surface area contributed by atoms with Gasteiger partial charge in [-0.25, -0.2) is 13.4 Å². The quantitative estimate of drug-likeness (QED) is 0.375. The van der Waals surface area contributed by atoms with Crippen molar-refractivity contribution in [2.24, 2.45) is 23.2 Å². The molecule has 7 rings (SSSR count). The standard InChI is InChI=1S/C29H35F3N6O3S/c30-29(31,32)41-24-4-2-1-3-19(24)15-34-27-35-16-22(14-33)26(38-27)36-17-28-11-18-9-20(12-28)25(21(10-18)13-28)37-23-5-7-42(39,40)8-6-23/h1-4,16,18,20-21,23,25,37H,5-13,15,17H2,(H2,34,35,36,38)/t18?,20-,21+,25-,28+. The smallest absolute Gasteiger partial charge is 0.405 e. The molecular formula is C29H35F3N6O3S. The Kier molecular flexibility index (Phi) is 7.72. The lowest BCUT2D eigenvalue weighted by Gasteiger charge is -2.61. The minimum Gasteiger partial charge on any atom is -0.405 e. The molecule has 0 spiro atoms. The number of aromatic nitrogens is 2. The molecule has 5 fully saturated rings. The lowest BCUT2D eigenvalue weighted by molar-refractivity contribution is -0.274. The highest BCUT2D eigenvalue weighted by atomic mass is 32.2. The maximum Gasteiger partial charge on any atom is 0.573 e. The van der Waals surface area contributed by atoms with Crippen molar-refractivity contribution in [3.05, 3.63) is 41.6 Å². The van der Waals surface area contributed by atoms with Crippen molar-refractivity contribution < 1.29 is 26.3 Å². The summed E-state index contributed by atoms with van der Waals surface area (Å²) in [6, 6.07) is 8.70. The van der Waals surface area contributed by atoms with Crippen molar-refractivity contribution in [2.45, 2.75) is 69.9 Å². The molecular weight excluding hydrogens is 569 g/mol. The van der Waals surface area contributed by atoms with Gasteiger partial charge in [0.05, 0.1) is 17.7 Å². The van der Waals surface area contributed by atoms with Gasteiger partial charge in [0.1, 0.15) is 33.0 Å². The molecule has 1 unspecified atom stereocenters. The van der Waals surface area contributed by atoms with E-state index in [0.717, 1.165) is 19.3 Å². The molecule has 4 bridgehead atoms. The van der Waals surface area contributed by atoms with E-state index in [4.69, 9.17) is 0 Å². The van der Waals surface area contributed by atoms with Crippen LogP contribution in [0.3, 0.4) is 0 Å². The first-order valence-electron chi connectivity index (χ1n) is 14.5. The molecule has 2 heterocycles. The van der Waals surface area contributed by atoms with Crippen molar-refractivity contribution in [1.29, 1.82) is 5.26 Å². The molecule has 9 nitrogen and oxygen atoms in total. The minimum atomic E-state index is -4.80. The average Bonchev–Trinajstić information content (AvgIpc) is 2.93. The van der Waals surface area contributed by atoms with Gasteiger partial charge in [-0.15, -0.1) is 13.2 Å². The second kappa shape index (κ2) is 11.2. The molecule has 4 aliphatic carbocycles. The Morgan fingerprint density at radius 1 is 1.07 bits per heavy atom. The van der Waals surface area contributed by atoms with E-state index in [1.165, 1.54) is 37.2 Å². The van der Waals surface area contributed by atoms with E-state index in [0.29, 0.717) is 60.1 Å². The number of ether oxygens (including phenoxy) is 1. The number of halogens is 3. The zero-order valence-electron chi connectivity index (χ0n) is 23.2. The number of hydrogen-bond donors (Lipinski definition) is 3. The predicted octanol–water partition coefficient (Wildman–Crippen LogP) is 4.63. The Balaban J connectivity index is 1.10. The zero-order chi connectivity index (χ0) is 29.5. The van der Waals surface area contributed by atoms with Crippen molar-refractivity contribution in [3.8, 4) is 11.8 Å². The lowest BCUT2D eigenvalue weighted by atomic mass is 9.48. The fraction of sp³-hybridized carbons (Fsp3) is 0.621. The van der Waals surface area contributed by atoms with Gasteiger partial charge in [-0.3, -0.25) is 0 Å². The van der Waals surface area contributed by atoms with Crippen LogP contribution in [0, 0.1) is 34.5 Å². The summed E-state index contributed by atoms with van der Waals surface area (Å²) in [5.41, 5.74) is 0.700. The van der Waals surface area contributed by atoms with E-state index in [1.54, 1.807) is 6.07 Å². The zero-order valence-corrected chi connectivity index (χ0v) is 24.0. The van der Waals surface area contributed by atoms with E-state index in [9.17, 15) is 26.9 Å². The number of nitrogens with one attached hydrogen (secondary N) is 3. The Bertz CT molecular complexity index is 1430. The van der Waals surface area contributed by atoms with E-state index in [1.807, 2.05) is 0 Å². The van der Waals surface area contributed by atoms with Crippen LogP contribution in [-0.4, -0.2) is 54.9 Å². The largest absolute Gasteiger partial charge is 0.573 e. The molecule has 3 N–H and O–H groups in total. The molecule has 0 radical (unpaired) electrons. The maximum absolute atomic E-state index is 12.8. The number of nitriles is 1. The normalized spacial score (nSPS) is 30.0. The molecule has 13 heteroatoms. The molecule has 1 aromatic heterocycles. The number of sulfone groups is 1. The fourth-order valence-corrected chi connectivity index (χ4v) is 9.50. The molecule has 5 atom stereocenters. The van der Waals surface area contributed by atoms with Crippen LogP contribution < -0.4 is 20.7 Å². The number of para-hydroxylation sites is 1. The summed E-state index contributed by atoms with van der Waals surface area (Å²) in [4.78, 5) is 8.69. The van der Waals surface area contributed by atoms with Gasteiger partial charge >= 0.3 is 6.36 Å². The van der Waals surface area contributed by atoms with Gasteiger partial charge in [0.2, 0.25) is 5.95 Å². The van der Waals surface area contributed by atoms with E-state index >= 15 is 0 Å². The van der Waals surface area contributed by atoms with Gasteiger partial charge in [0.15, 0.2) is 0 Å². The van der Waals surface area contributed by atoms with Gasteiger partial charge in [-0.05, 0) is 74.2 Å². The number of alkyl halides is 3. The number of rotatable bonds is 9. The third-order valence-corrected chi connectivity index (χ3v) is 11.3. The highest BCUT2D eigenvalue weighted by Gasteiger charge is 2.55. The molecule has 1 saturated heterocycles. The van der Waals surface area contributed by atoms with E-state index in [-0.39, 0.29) is 41.2 Å². The summed E-state index contributed by atoms with van der Waals surface area (Å²) in [7, 11) is -2.89. The minimum absolute atomic E-state index is 0.00782. The molecule has 1 aliphatic heterocycles. The second-order valence-corrected chi connectivity index (χ2v) is 14.8. The van der Waals surface area contributed by atoms with E-state index < -0.39 is 16.2 Å². The monoisotopic (exact) mass is 604 g/mol. The Morgan fingerprint density at radius 3 is 2.48 bits per heavy atom. The number of anilines is 2. The Labute approximate surface area is 243 Å². The number of benzene rings is 1. The summed E-state index contributed by atoms with van der Waals surface area (Å²) in [6.45, 7) is 0.687.